The van der Waals surface area contributed by atoms with Crippen molar-refractivity contribution in [3.63, 3.8) is 0 Å². The Morgan fingerprint density at radius 3 is 2.15 bits per heavy atom. The lowest BCUT2D eigenvalue weighted by atomic mass is 10.1. The van der Waals surface area contributed by atoms with E-state index in [9.17, 15) is 26.4 Å². The van der Waals surface area contributed by atoms with Crippen LogP contribution in [0.4, 0.5) is 5.69 Å². The summed E-state index contributed by atoms with van der Waals surface area (Å²) in [6.45, 7) is 0.0654. The first-order valence-electron chi connectivity index (χ1n) is 12.5. The van der Waals surface area contributed by atoms with Crippen molar-refractivity contribution in [2.45, 2.75) is 36.6 Å². The Bertz CT molecular complexity index is 1500. The lowest BCUT2D eigenvalue weighted by molar-refractivity contribution is -0.122. The van der Waals surface area contributed by atoms with Crippen LogP contribution in [0.3, 0.4) is 0 Å². The zero-order chi connectivity index (χ0) is 27.9. The molecule has 0 radical (unpaired) electrons. The summed E-state index contributed by atoms with van der Waals surface area (Å²) in [6, 6.07) is 22.9. The molecule has 1 heterocycles. The molecule has 1 atom stereocenters. The van der Waals surface area contributed by atoms with E-state index in [-0.39, 0.29) is 23.5 Å². The monoisotopic (exact) mass is 570 g/mol. The number of benzene rings is 3. The fraction of sp³-hybridized carbons (Fsp3) is 0.259. The number of sulfonamides is 1. The van der Waals surface area contributed by atoms with E-state index in [1.54, 1.807) is 30.3 Å². The van der Waals surface area contributed by atoms with Gasteiger partial charge in [-0.3, -0.25) is 9.59 Å². The molecule has 4 rings (SSSR count). The zero-order valence-electron chi connectivity index (χ0n) is 21.1. The smallest absolute Gasteiger partial charge is 0.326 e. The Hall–Kier alpha value is -3.74. The van der Waals surface area contributed by atoms with Gasteiger partial charge in [0.2, 0.25) is 15.9 Å². The van der Waals surface area contributed by atoms with Crippen molar-refractivity contribution in [3.8, 4) is 0 Å². The normalized spacial score (nSPS) is 15.5. The Kier molecular flexibility index (Phi) is 9.00. The number of nitrogens with zero attached hydrogens (tertiary/aromatic N) is 1. The molecule has 0 spiro atoms. The lowest BCUT2D eigenvalue weighted by Crippen LogP contribution is -2.48. The summed E-state index contributed by atoms with van der Waals surface area (Å²) < 4.78 is 55.6. The molecule has 10 nitrogen and oxygen atoms in total. The maximum absolute atomic E-state index is 13.1. The largest absolute Gasteiger partial charge is 0.355 e. The van der Waals surface area contributed by atoms with Crippen LogP contribution >= 0.6 is 0 Å². The quantitative estimate of drug-likeness (QED) is 0.284. The fourth-order valence-corrected chi connectivity index (χ4v) is 6.55. The maximum Gasteiger partial charge on any atom is 0.326 e. The van der Waals surface area contributed by atoms with E-state index in [0.29, 0.717) is 12.1 Å². The van der Waals surface area contributed by atoms with Crippen LogP contribution in [0.15, 0.2) is 89.8 Å². The van der Waals surface area contributed by atoms with Gasteiger partial charge in [-0.25, -0.2) is 17.4 Å². The average molecular weight is 571 g/mol. The second-order valence-corrected chi connectivity index (χ2v) is 12.4. The van der Waals surface area contributed by atoms with Gasteiger partial charge in [0.1, 0.15) is 12.6 Å². The summed E-state index contributed by atoms with van der Waals surface area (Å²) in [4.78, 5) is 24.7. The molecule has 0 aliphatic carbocycles. The molecule has 2 amide bonds. The van der Waals surface area contributed by atoms with Gasteiger partial charge in [0, 0.05) is 6.54 Å². The predicted octanol–water partition coefficient (Wildman–Crippen LogP) is 1.90. The summed E-state index contributed by atoms with van der Waals surface area (Å²) in [5, 5.41) is 2.84. The second kappa shape index (κ2) is 12.4. The van der Waals surface area contributed by atoms with Crippen LogP contribution in [-0.2, 0) is 42.7 Å². The van der Waals surface area contributed by atoms with E-state index in [4.69, 9.17) is 0 Å². The molecule has 0 saturated carbocycles. The molecule has 39 heavy (non-hydrogen) atoms. The van der Waals surface area contributed by atoms with Crippen molar-refractivity contribution in [1.82, 2.24) is 14.8 Å². The third-order valence-electron chi connectivity index (χ3n) is 6.19. The van der Waals surface area contributed by atoms with E-state index < -0.39 is 38.1 Å². The molecule has 1 fully saturated rings. The van der Waals surface area contributed by atoms with Crippen LogP contribution in [0.5, 0.6) is 0 Å². The molecule has 0 unspecified atom stereocenters. The highest BCUT2D eigenvalue weighted by molar-refractivity contribution is 7.92. The van der Waals surface area contributed by atoms with Crippen LogP contribution < -0.4 is 19.1 Å². The highest BCUT2D eigenvalue weighted by Gasteiger charge is 2.34. The van der Waals surface area contributed by atoms with Gasteiger partial charge in [0.05, 0.1) is 10.6 Å². The van der Waals surface area contributed by atoms with Crippen LogP contribution in [0.25, 0.3) is 0 Å². The van der Waals surface area contributed by atoms with Gasteiger partial charge in [-0.1, -0.05) is 60.7 Å². The van der Waals surface area contributed by atoms with E-state index in [0.717, 1.165) is 23.6 Å². The first-order chi connectivity index (χ1) is 18.6. The van der Waals surface area contributed by atoms with Crippen LogP contribution in [0, 0.1) is 0 Å². The fourth-order valence-electron chi connectivity index (χ4n) is 4.19. The summed E-state index contributed by atoms with van der Waals surface area (Å²) in [5.41, 5.74) is 2.10. The van der Waals surface area contributed by atoms with Crippen LogP contribution in [-0.4, -0.2) is 47.8 Å². The molecule has 0 aromatic heterocycles. The molecule has 3 aromatic carbocycles. The second-order valence-electron chi connectivity index (χ2n) is 9.13. The van der Waals surface area contributed by atoms with Crippen molar-refractivity contribution < 1.29 is 26.4 Å². The predicted molar refractivity (Wildman–Crippen MR) is 147 cm³/mol. The van der Waals surface area contributed by atoms with E-state index >= 15 is 0 Å². The Labute approximate surface area is 228 Å². The topological polar surface area (TPSA) is 142 Å². The highest BCUT2D eigenvalue weighted by Crippen LogP contribution is 2.21. The Morgan fingerprint density at radius 2 is 1.54 bits per heavy atom. The third-order valence-corrected chi connectivity index (χ3v) is 9.08. The zero-order valence-corrected chi connectivity index (χ0v) is 22.7. The highest BCUT2D eigenvalue weighted by atomic mass is 32.2. The van der Waals surface area contributed by atoms with Gasteiger partial charge >= 0.3 is 10.2 Å². The van der Waals surface area contributed by atoms with E-state index in [2.05, 4.69) is 10.0 Å². The van der Waals surface area contributed by atoms with Crippen molar-refractivity contribution in [2.24, 2.45) is 0 Å². The van der Waals surface area contributed by atoms with Gasteiger partial charge in [-0.05, 0) is 61.1 Å². The van der Waals surface area contributed by atoms with Gasteiger partial charge < -0.3 is 5.32 Å². The number of carbonyl (C=O) groups excluding carboxylic acids is 2. The first-order valence-corrected chi connectivity index (χ1v) is 15.4. The lowest BCUT2D eigenvalue weighted by Gasteiger charge is -2.20. The molecule has 1 aliphatic rings. The Morgan fingerprint density at radius 1 is 0.897 bits per heavy atom. The van der Waals surface area contributed by atoms with Crippen molar-refractivity contribution >= 4 is 37.7 Å². The van der Waals surface area contributed by atoms with Gasteiger partial charge in [0.15, 0.2) is 0 Å². The van der Waals surface area contributed by atoms with E-state index in [1.165, 1.54) is 29.8 Å². The average Bonchev–Trinajstić information content (AvgIpc) is 3.21. The number of unbranched alkanes of at least 4 members (excludes halogenated alkanes) is 1. The number of carbonyl (C=O) groups is 2. The molecular formula is C27H30N4O6S2. The third kappa shape index (κ3) is 7.65. The summed E-state index contributed by atoms with van der Waals surface area (Å²) in [6.07, 6.45) is 2.50. The van der Waals surface area contributed by atoms with Crippen LogP contribution in [0.2, 0.25) is 0 Å². The van der Waals surface area contributed by atoms with Gasteiger partial charge in [-0.2, -0.15) is 13.1 Å². The minimum atomic E-state index is -3.98. The first kappa shape index (κ1) is 28.3. The SMILES string of the molecule is O=C1CN(c2ccc(C[C@H](NS(=O)(=O)c3ccccc3)C(=O)NCCCCc3ccccc3)cc2)S(=O)(=O)N1. The molecular weight excluding hydrogens is 540 g/mol. The number of nitrogens with one attached hydrogen (secondary N) is 3. The summed E-state index contributed by atoms with van der Waals surface area (Å²) in [7, 11) is -7.93. The van der Waals surface area contributed by atoms with Crippen molar-refractivity contribution in [1.29, 1.82) is 0 Å². The molecule has 1 saturated heterocycles. The van der Waals surface area contributed by atoms with E-state index in [1.807, 2.05) is 35.1 Å². The minimum Gasteiger partial charge on any atom is -0.355 e. The number of rotatable bonds is 12. The summed E-state index contributed by atoms with van der Waals surface area (Å²) in [5.74, 6) is -1.09. The minimum absolute atomic E-state index is 0.0339. The summed E-state index contributed by atoms with van der Waals surface area (Å²) >= 11 is 0. The molecule has 206 valence electrons. The van der Waals surface area contributed by atoms with Gasteiger partial charge in [-0.15, -0.1) is 0 Å². The van der Waals surface area contributed by atoms with Crippen LogP contribution in [0.1, 0.15) is 24.0 Å². The Balaban J connectivity index is 1.43. The molecule has 3 aromatic rings. The molecule has 1 aliphatic heterocycles. The standard InChI is InChI=1S/C27H30N4O6S2/c32-26-20-31(39(36,37)30-26)23-16-14-22(15-17-23)19-25(29-38(34,35)24-12-5-2-6-13-24)27(33)28-18-8-7-11-21-9-3-1-4-10-21/h1-6,9-10,12-17,25,29H,7-8,11,18-20H2,(H,28,33)(H,30,32)/t25-/m0/s1. The maximum atomic E-state index is 13.1. The number of amides is 2. The number of hydrogen-bond donors (Lipinski definition) is 3. The number of anilines is 1. The molecule has 0 bridgehead atoms. The van der Waals surface area contributed by atoms with Crippen molar-refractivity contribution in [3.05, 3.63) is 96.1 Å². The number of hydrogen-bond acceptors (Lipinski definition) is 6. The number of aryl methyl sites for hydroxylation is 1. The van der Waals surface area contributed by atoms with Crippen molar-refractivity contribution in [2.75, 3.05) is 17.4 Å². The molecule has 3 N–H and O–H groups in total. The van der Waals surface area contributed by atoms with Gasteiger partial charge in [0.25, 0.3) is 5.91 Å². The molecule has 12 heteroatoms.